The SMILES string of the molecule is [Pd][CH2]C=CC1C=CC=C1. The molecule has 1 rings (SSSR count). The van der Waals surface area contributed by atoms with Crippen molar-refractivity contribution in [2.24, 2.45) is 5.92 Å². The minimum atomic E-state index is 0.550. The predicted molar refractivity (Wildman–Crippen MR) is 35.7 cm³/mol. The first-order valence-corrected chi connectivity index (χ1v) is 4.06. The van der Waals surface area contributed by atoms with Crippen LogP contribution in [-0.2, 0) is 19.2 Å². The second kappa shape index (κ2) is 3.82. The van der Waals surface area contributed by atoms with Gasteiger partial charge in [0.1, 0.15) is 0 Å². The Kier molecular flexibility index (Phi) is 2.97. The standard InChI is InChI=1S/C8H9.Pd/c1-2-5-8-6-3-4-7-8;/h2-8H,1H2;. The van der Waals surface area contributed by atoms with Gasteiger partial charge in [-0.05, 0) is 0 Å². The maximum atomic E-state index is 3.09. The van der Waals surface area contributed by atoms with E-state index in [4.69, 9.17) is 0 Å². The fourth-order valence-electron chi connectivity index (χ4n) is 0.778. The fraction of sp³-hybridized carbons (Fsp3) is 0.250. The van der Waals surface area contributed by atoms with Gasteiger partial charge < -0.3 is 0 Å². The monoisotopic (exact) mass is 211 g/mol. The molecule has 9 heavy (non-hydrogen) atoms. The molecule has 0 atom stereocenters. The summed E-state index contributed by atoms with van der Waals surface area (Å²) in [5.74, 6) is 0.550. The van der Waals surface area contributed by atoms with Gasteiger partial charge in [0.05, 0.1) is 0 Å². The van der Waals surface area contributed by atoms with Crippen LogP contribution in [0.1, 0.15) is 0 Å². The van der Waals surface area contributed by atoms with Gasteiger partial charge in [-0.15, -0.1) is 0 Å². The number of hydrogen-bond acceptors (Lipinski definition) is 0. The van der Waals surface area contributed by atoms with E-state index < -0.39 is 0 Å². The fourth-order valence-corrected chi connectivity index (χ4v) is 0.989. The molecule has 0 N–H and O–H groups in total. The molecule has 0 radical (unpaired) electrons. The second-order valence-corrected chi connectivity index (χ2v) is 2.54. The summed E-state index contributed by atoms with van der Waals surface area (Å²) in [5, 5.41) is 0. The van der Waals surface area contributed by atoms with E-state index >= 15 is 0 Å². The zero-order valence-corrected chi connectivity index (χ0v) is 6.62. The van der Waals surface area contributed by atoms with Gasteiger partial charge in [0, 0.05) is 0 Å². The normalized spacial score (nSPS) is 18.4. The van der Waals surface area contributed by atoms with Crippen molar-refractivity contribution in [1.82, 2.24) is 0 Å². The Hall–Kier alpha value is -0.118. The molecule has 0 fully saturated rings. The molecule has 0 aliphatic heterocycles. The molecule has 0 unspecified atom stereocenters. The second-order valence-electron chi connectivity index (χ2n) is 1.90. The molecule has 0 aromatic carbocycles. The molecule has 1 heteroatoms. The van der Waals surface area contributed by atoms with E-state index in [0.717, 1.165) is 4.89 Å². The molecule has 0 saturated heterocycles. The molecular formula is C8H9Pd. The molecule has 1 aliphatic carbocycles. The number of rotatable bonds is 2. The van der Waals surface area contributed by atoms with Crippen LogP contribution in [0.4, 0.5) is 0 Å². The molecule has 0 saturated carbocycles. The van der Waals surface area contributed by atoms with Crippen LogP contribution in [0.15, 0.2) is 36.5 Å². The summed E-state index contributed by atoms with van der Waals surface area (Å²) >= 11 is 3.09. The van der Waals surface area contributed by atoms with Gasteiger partial charge in [0.15, 0.2) is 0 Å². The predicted octanol–water partition coefficient (Wildman–Crippen LogP) is 2.25. The van der Waals surface area contributed by atoms with Crippen molar-refractivity contribution in [3.05, 3.63) is 36.5 Å². The van der Waals surface area contributed by atoms with Crippen LogP contribution in [0.2, 0.25) is 4.89 Å². The van der Waals surface area contributed by atoms with Crippen molar-refractivity contribution in [3.63, 3.8) is 0 Å². The van der Waals surface area contributed by atoms with Gasteiger partial charge in [-0.25, -0.2) is 0 Å². The van der Waals surface area contributed by atoms with Crippen LogP contribution in [0, 0.1) is 5.92 Å². The number of allylic oxidation sites excluding steroid dienone is 6. The summed E-state index contributed by atoms with van der Waals surface area (Å²) in [5.41, 5.74) is 0. The zero-order valence-electron chi connectivity index (χ0n) is 5.06. The van der Waals surface area contributed by atoms with E-state index in [1.807, 2.05) is 0 Å². The first-order chi connectivity index (χ1) is 4.43. The molecule has 0 heterocycles. The molecule has 51 valence electrons. The molecule has 0 bridgehead atoms. The quantitative estimate of drug-likeness (QED) is 0.486. The first kappa shape index (κ1) is 6.99. The van der Waals surface area contributed by atoms with Crippen molar-refractivity contribution in [3.8, 4) is 0 Å². The Labute approximate surface area is 66.7 Å². The van der Waals surface area contributed by atoms with E-state index in [1.165, 1.54) is 0 Å². The molecule has 1 aliphatic rings. The average Bonchev–Trinajstić information content (AvgIpc) is 2.34. The van der Waals surface area contributed by atoms with Crippen molar-refractivity contribution < 1.29 is 19.2 Å². The Balaban J connectivity index is 2.36. The molecule has 0 amide bonds. The Morgan fingerprint density at radius 1 is 1.33 bits per heavy atom. The third-order valence-corrected chi connectivity index (χ3v) is 1.58. The molecule has 0 spiro atoms. The maximum absolute atomic E-state index is 3.09. The molecular weight excluding hydrogens is 203 g/mol. The van der Waals surface area contributed by atoms with Gasteiger partial charge in [0.2, 0.25) is 0 Å². The summed E-state index contributed by atoms with van der Waals surface area (Å²) in [7, 11) is 0. The van der Waals surface area contributed by atoms with E-state index in [2.05, 4.69) is 55.7 Å². The number of hydrogen-bond donors (Lipinski definition) is 0. The first-order valence-electron chi connectivity index (χ1n) is 2.97. The van der Waals surface area contributed by atoms with Crippen molar-refractivity contribution in [1.29, 1.82) is 0 Å². The van der Waals surface area contributed by atoms with Crippen LogP contribution >= 0.6 is 0 Å². The van der Waals surface area contributed by atoms with Gasteiger partial charge in [-0.1, -0.05) is 0 Å². The minimum absolute atomic E-state index is 0.550. The van der Waals surface area contributed by atoms with Crippen molar-refractivity contribution >= 4 is 0 Å². The average molecular weight is 212 g/mol. The van der Waals surface area contributed by atoms with E-state index in [9.17, 15) is 0 Å². The van der Waals surface area contributed by atoms with E-state index in [-0.39, 0.29) is 0 Å². The van der Waals surface area contributed by atoms with Crippen LogP contribution < -0.4 is 0 Å². The zero-order chi connectivity index (χ0) is 6.53. The van der Waals surface area contributed by atoms with Gasteiger partial charge in [0.25, 0.3) is 0 Å². The Morgan fingerprint density at radius 2 is 2.00 bits per heavy atom. The van der Waals surface area contributed by atoms with Crippen LogP contribution in [0.5, 0.6) is 0 Å². The molecule has 0 aromatic rings. The van der Waals surface area contributed by atoms with Crippen molar-refractivity contribution in [2.75, 3.05) is 0 Å². The molecule has 0 nitrogen and oxygen atoms in total. The summed E-state index contributed by atoms with van der Waals surface area (Å²) in [4.78, 5) is 0.987. The van der Waals surface area contributed by atoms with Gasteiger partial charge >= 0.3 is 66.5 Å². The van der Waals surface area contributed by atoms with Crippen LogP contribution in [0.3, 0.4) is 0 Å². The summed E-state index contributed by atoms with van der Waals surface area (Å²) in [6.45, 7) is 0. The molecule has 0 aromatic heterocycles. The van der Waals surface area contributed by atoms with E-state index in [0.29, 0.717) is 5.92 Å². The third-order valence-electron chi connectivity index (χ3n) is 1.21. The Morgan fingerprint density at radius 3 is 2.56 bits per heavy atom. The third kappa shape index (κ3) is 2.30. The van der Waals surface area contributed by atoms with Gasteiger partial charge in [-0.3, -0.25) is 0 Å². The topological polar surface area (TPSA) is 0 Å². The van der Waals surface area contributed by atoms with E-state index in [1.54, 1.807) is 0 Å². The Bertz CT molecular complexity index is 142. The van der Waals surface area contributed by atoms with Crippen LogP contribution in [0.25, 0.3) is 0 Å². The van der Waals surface area contributed by atoms with Crippen molar-refractivity contribution in [2.45, 2.75) is 4.89 Å². The summed E-state index contributed by atoms with van der Waals surface area (Å²) < 4.78 is 0. The summed E-state index contributed by atoms with van der Waals surface area (Å²) in [6, 6.07) is 0. The summed E-state index contributed by atoms with van der Waals surface area (Å²) in [6.07, 6.45) is 12.8. The van der Waals surface area contributed by atoms with Gasteiger partial charge in [-0.2, -0.15) is 0 Å². The van der Waals surface area contributed by atoms with Crippen LogP contribution in [-0.4, -0.2) is 0 Å².